The molecule has 4 heteroatoms. The van der Waals surface area contributed by atoms with Gasteiger partial charge in [0.1, 0.15) is 11.6 Å². The van der Waals surface area contributed by atoms with E-state index in [4.69, 9.17) is 16.3 Å². The zero-order valence-corrected chi connectivity index (χ0v) is 10.6. The van der Waals surface area contributed by atoms with E-state index in [0.29, 0.717) is 23.6 Å². The van der Waals surface area contributed by atoms with E-state index in [0.717, 1.165) is 12.8 Å². The van der Waals surface area contributed by atoms with Gasteiger partial charge in [0.15, 0.2) is 0 Å². The Hall–Kier alpha value is -0.930. The van der Waals surface area contributed by atoms with Crippen LogP contribution in [0.1, 0.15) is 31.7 Å². The first-order chi connectivity index (χ1) is 8.09. The molecule has 1 aromatic carbocycles. The smallest absolute Gasteiger partial charge is 0.130 e. The van der Waals surface area contributed by atoms with Gasteiger partial charge in [-0.05, 0) is 31.9 Å². The molecule has 0 aliphatic heterocycles. The molecule has 1 rings (SSSR count). The lowest BCUT2D eigenvalue weighted by molar-refractivity contribution is -0.117. The molecule has 0 saturated heterocycles. The number of carbonyl (C=O) groups excluding carboxylic acids is 1. The summed E-state index contributed by atoms with van der Waals surface area (Å²) in [4.78, 5) is 10.7. The lowest BCUT2D eigenvalue weighted by Crippen LogP contribution is -1.99. The SMILES string of the molecule is CC(=O)CCCCOCc1ccc(Cl)cc1F. The monoisotopic (exact) mass is 258 g/mol. The normalized spacial score (nSPS) is 10.5. The first-order valence-corrected chi connectivity index (χ1v) is 5.98. The largest absolute Gasteiger partial charge is 0.377 e. The van der Waals surface area contributed by atoms with Gasteiger partial charge in [0.25, 0.3) is 0 Å². The Kier molecular flexibility index (Phi) is 6.16. The molecule has 0 amide bonds. The summed E-state index contributed by atoms with van der Waals surface area (Å²) < 4.78 is 18.7. The van der Waals surface area contributed by atoms with Crippen molar-refractivity contribution in [3.8, 4) is 0 Å². The van der Waals surface area contributed by atoms with E-state index in [1.807, 2.05) is 0 Å². The van der Waals surface area contributed by atoms with Crippen LogP contribution in [0.3, 0.4) is 0 Å². The molecule has 0 atom stereocenters. The second-order valence-electron chi connectivity index (χ2n) is 3.95. The number of rotatable bonds is 7. The minimum Gasteiger partial charge on any atom is -0.377 e. The Labute approximate surface area is 106 Å². The minimum absolute atomic E-state index is 0.189. The lowest BCUT2D eigenvalue weighted by atomic mass is 10.2. The van der Waals surface area contributed by atoms with Crippen molar-refractivity contribution in [2.45, 2.75) is 32.8 Å². The predicted molar refractivity (Wildman–Crippen MR) is 65.6 cm³/mol. The molecular formula is C13H16ClFO2. The molecule has 0 N–H and O–H groups in total. The molecule has 0 aromatic heterocycles. The molecular weight excluding hydrogens is 243 g/mol. The Morgan fingerprint density at radius 1 is 1.41 bits per heavy atom. The second kappa shape index (κ2) is 7.41. The van der Waals surface area contributed by atoms with Crippen molar-refractivity contribution in [2.24, 2.45) is 0 Å². The Morgan fingerprint density at radius 2 is 2.18 bits per heavy atom. The van der Waals surface area contributed by atoms with Gasteiger partial charge >= 0.3 is 0 Å². The van der Waals surface area contributed by atoms with Crippen LogP contribution < -0.4 is 0 Å². The molecule has 0 heterocycles. The number of unbranched alkanes of at least 4 members (excludes halogenated alkanes) is 1. The third-order valence-corrected chi connectivity index (χ3v) is 2.58. The molecule has 2 nitrogen and oxygen atoms in total. The van der Waals surface area contributed by atoms with Gasteiger partial charge in [-0.15, -0.1) is 0 Å². The van der Waals surface area contributed by atoms with Crippen molar-refractivity contribution in [3.63, 3.8) is 0 Å². The summed E-state index contributed by atoms with van der Waals surface area (Å²) in [6, 6.07) is 4.53. The van der Waals surface area contributed by atoms with Crippen molar-refractivity contribution in [2.75, 3.05) is 6.61 Å². The van der Waals surface area contributed by atoms with Gasteiger partial charge in [-0.25, -0.2) is 4.39 Å². The molecule has 0 bridgehead atoms. The first kappa shape index (κ1) is 14.1. The average molecular weight is 259 g/mol. The Bertz CT molecular complexity index is 380. The van der Waals surface area contributed by atoms with Crippen LogP contribution in [0.15, 0.2) is 18.2 Å². The number of carbonyl (C=O) groups is 1. The zero-order valence-electron chi connectivity index (χ0n) is 9.84. The van der Waals surface area contributed by atoms with Crippen LogP contribution in [-0.4, -0.2) is 12.4 Å². The van der Waals surface area contributed by atoms with E-state index in [-0.39, 0.29) is 18.2 Å². The highest BCUT2D eigenvalue weighted by Gasteiger charge is 2.02. The summed E-state index contributed by atoms with van der Waals surface area (Å²) >= 11 is 5.64. The quantitative estimate of drug-likeness (QED) is 0.696. The summed E-state index contributed by atoms with van der Waals surface area (Å²) in [5.74, 6) is -0.157. The molecule has 0 radical (unpaired) electrons. The van der Waals surface area contributed by atoms with Crippen molar-refractivity contribution >= 4 is 17.4 Å². The number of hydrogen-bond acceptors (Lipinski definition) is 2. The fourth-order valence-electron chi connectivity index (χ4n) is 1.40. The van der Waals surface area contributed by atoms with Crippen LogP contribution in [0.2, 0.25) is 5.02 Å². The van der Waals surface area contributed by atoms with Gasteiger partial charge in [-0.1, -0.05) is 17.7 Å². The standard InChI is InChI=1S/C13H16ClFO2/c1-10(16)4-2-3-7-17-9-11-5-6-12(14)8-13(11)15/h5-6,8H,2-4,7,9H2,1H3. The maximum Gasteiger partial charge on any atom is 0.130 e. The molecule has 0 saturated carbocycles. The average Bonchev–Trinajstić information content (AvgIpc) is 2.25. The highest BCUT2D eigenvalue weighted by Crippen LogP contribution is 2.15. The van der Waals surface area contributed by atoms with Gasteiger partial charge in [0, 0.05) is 23.6 Å². The number of Topliss-reactive ketones (excluding diaryl/α,β-unsaturated/α-hetero) is 1. The lowest BCUT2D eigenvalue weighted by Gasteiger charge is -2.05. The van der Waals surface area contributed by atoms with E-state index in [2.05, 4.69) is 0 Å². The number of ketones is 1. The summed E-state index contributed by atoms with van der Waals surface area (Å²) in [5.41, 5.74) is 0.501. The molecule has 0 spiro atoms. The van der Waals surface area contributed by atoms with Crippen molar-refractivity contribution in [1.82, 2.24) is 0 Å². The summed E-state index contributed by atoms with van der Waals surface area (Å²) in [6.07, 6.45) is 2.21. The molecule has 0 fully saturated rings. The highest BCUT2D eigenvalue weighted by molar-refractivity contribution is 6.30. The Balaban J connectivity index is 2.20. The number of hydrogen-bond donors (Lipinski definition) is 0. The van der Waals surface area contributed by atoms with Gasteiger partial charge in [-0.2, -0.15) is 0 Å². The van der Waals surface area contributed by atoms with Gasteiger partial charge < -0.3 is 9.53 Å². The van der Waals surface area contributed by atoms with Crippen LogP contribution in [0, 0.1) is 5.82 Å². The fraction of sp³-hybridized carbons (Fsp3) is 0.462. The Morgan fingerprint density at radius 3 is 2.82 bits per heavy atom. The van der Waals surface area contributed by atoms with E-state index >= 15 is 0 Å². The van der Waals surface area contributed by atoms with Crippen molar-refractivity contribution in [1.29, 1.82) is 0 Å². The molecule has 0 aliphatic carbocycles. The first-order valence-electron chi connectivity index (χ1n) is 5.60. The number of benzene rings is 1. The van der Waals surface area contributed by atoms with E-state index in [1.165, 1.54) is 6.07 Å². The summed E-state index contributed by atoms with van der Waals surface area (Å²) in [6.45, 7) is 2.35. The number of ether oxygens (including phenoxy) is 1. The van der Waals surface area contributed by atoms with Crippen molar-refractivity contribution in [3.05, 3.63) is 34.6 Å². The minimum atomic E-state index is -0.346. The molecule has 94 valence electrons. The van der Waals surface area contributed by atoms with Crippen LogP contribution >= 0.6 is 11.6 Å². The van der Waals surface area contributed by atoms with E-state index in [1.54, 1.807) is 19.1 Å². The summed E-state index contributed by atoms with van der Waals surface area (Å²) in [5, 5.41) is 0.382. The van der Waals surface area contributed by atoms with E-state index in [9.17, 15) is 9.18 Å². The van der Waals surface area contributed by atoms with Crippen LogP contribution in [0.5, 0.6) is 0 Å². The van der Waals surface area contributed by atoms with Gasteiger partial charge in [0.2, 0.25) is 0 Å². The highest BCUT2D eigenvalue weighted by atomic mass is 35.5. The number of halogens is 2. The molecule has 0 aliphatic rings. The van der Waals surface area contributed by atoms with Crippen LogP contribution in [0.4, 0.5) is 4.39 Å². The zero-order chi connectivity index (χ0) is 12.7. The molecule has 0 unspecified atom stereocenters. The molecule has 1 aromatic rings. The van der Waals surface area contributed by atoms with Crippen molar-refractivity contribution < 1.29 is 13.9 Å². The predicted octanol–water partition coefficient (Wildman–Crippen LogP) is 3.76. The maximum atomic E-state index is 13.3. The van der Waals surface area contributed by atoms with Crippen LogP contribution in [-0.2, 0) is 16.1 Å². The third kappa shape index (κ3) is 5.80. The van der Waals surface area contributed by atoms with Gasteiger partial charge in [0.05, 0.1) is 6.61 Å². The second-order valence-corrected chi connectivity index (χ2v) is 4.38. The molecule has 17 heavy (non-hydrogen) atoms. The maximum absolute atomic E-state index is 13.3. The fourth-order valence-corrected chi connectivity index (χ4v) is 1.56. The third-order valence-electron chi connectivity index (χ3n) is 2.34. The van der Waals surface area contributed by atoms with E-state index < -0.39 is 0 Å². The summed E-state index contributed by atoms with van der Waals surface area (Å²) in [7, 11) is 0. The topological polar surface area (TPSA) is 26.3 Å². The van der Waals surface area contributed by atoms with Gasteiger partial charge in [-0.3, -0.25) is 0 Å². The van der Waals surface area contributed by atoms with Crippen LogP contribution in [0.25, 0.3) is 0 Å².